The van der Waals surface area contributed by atoms with Crippen LogP contribution in [0.15, 0.2) is 58.5 Å². The Hall–Kier alpha value is -2.95. The van der Waals surface area contributed by atoms with Gasteiger partial charge in [-0.1, -0.05) is 29.4 Å². The maximum Gasteiger partial charge on any atom is 0.274 e. The van der Waals surface area contributed by atoms with Gasteiger partial charge in [-0.2, -0.15) is 5.26 Å². The largest absolute Gasteiger partial charge is 0.497 e. The molecule has 0 N–H and O–H groups in total. The number of aromatic nitrogens is 2. The Morgan fingerprint density at radius 3 is 2.71 bits per heavy atom. The van der Waals surface area contributed by atoms with Crippen molar-refractivity contribution in [2.75, 3.05) is 17.9 Å². The van der Waals surface area contributed by atoms with Crippen LogP contribution in [-0.4, -0.2) is 22.5 Å². The van der Waals surface area contributed by atoms with E-state index in [1.165, 1.54) is 16.3 Å². The summed E-state index contributed by atoms with van der Waals surface area (Å²) in [6, 6.07) is 16.6. The molecule has 0 atom stereocenters. The third kappa shape index (κ3) is 3.33. The van der Waals surface area contributed by atoms with Crippen LogP contribution >= 0.6 is 23.4 Å². The second kappa shape index (κ2) is 7.58. The van der Waals surface area contributed by atoms with Crippen LogP contribution in [0, 0.1) is 11.3 Å². The van der Waals surface area contributed by atoms with Gasteiger partial charge in [0.05, 0.1) is 18.7 Å². The van der Waals surface area contributed by atoms with Crippen molar-refractivity contribution in [3.05, 3.63) is 69.5 Å². The lowest BCUT2D eigenvalue weighted by atomic mass is 10.1. The van der Waals surface area contributed by atoms with Crippen molar-refractivity contribution in [2.24, 2.45) is 0 Å². The Morgan fingerprint density at radius 1 is 1.25 bits per heavy atom. The Kier molecular flexibility index (Phi) is 4.99. The summed E-state index contributed by atoms with van der Waals surface area (Å²) in [5.41, 5.74) is 1.69. The predicted octanol–water partition coefficient (Wildman–Crippen LogP) is 3.97. The van der Waals surface area contributed by atoms with Crippen molar-refractivity contribution < 1.29 is 4.74 Å². The Labute approximate surface area is 171 Å². The average molecular weight is 411 g/mol. The zero-order valence-electron chi connectivity index (χ0n) is 14.9. The molecule has 0 amide bonds. The van der Waals surface area contributed by atoms with Gasteiger partial charge in [0.1, 0.15) is 24.1 Å². The number of benzene rings is 2. The van der Waals surface area contributed by atoms with Gasteiger partial charge in [-0.05, 0) is 42.5 Å². The van der Waals surface area contributed by atoms with E-state index in [-0.39, 0.29) is 11.1 Å². The number of fused-ring (bicyclic) bond motifs is 1. The molecular formula is C20H15ClN4O2S. The van der Waals surface area contributed by atoms with Gasteiger partial charge in [0, 0.05) is 16.3 Å². The molecule has 140 valence electrons. The number of halogens is 1. The molecule has 1 aliphatic rings. The van der Waals surface area contributed by atoms with Crippen LogP contribution < -0.4 is 15.2 Å². The van der Waals surface area contributed by atoms with Crippen LogP contribution in [0.2, 0.25) is 5.02 Å². The van der Waals surface area contributed by atoms with Crippen LogP contribution in [-0.2, 0) is 6.67 Å². The first-order chi connectivity index (χ1) is 13.6. The summed E-state index contributed by atoms with van der Waals surface area (Å²) in [6.45, 7) is 0.312. The lowest BCUT2D eigenvalue weighted by Crippen LogP contribution is -2.38. The van der Waals surface area contributed by atoms with Crippen LogP contribution in [0.4, 0.5) is 5.69 Å². The summed E-state index contributed by atoms with van der Waals surface area (Å²) >= 11 is 7.54. The van der Waals surface area contributed by atoms with Gasteiger partial charge >= 0.3 is 0 Å². The SMILES string of the molecule is COc1ccc(-c2nc3n(c(=O)c2C#N)CN(c2cccc(Cl)c2)CS3)cc1. The number of ether oxygens (including phenoxy) is 1. The van der Waals surface area contributed by atoms with Crippen LogP contribution in [0.1, 0.15) is 5.56 Å². The van der Waals surface area contributed by atoms with Gasteiger partial charge in [-0.3, -0.25) is 9.36 Å². The van der Waals surface area contributed by atoms with Gasteiger partial charge in [-0.25, -0.2) is 4.98 Å². The summed E-state index contributed by atoms with van der Waals surface area (Å²) in [7, 11) is 1.58. The first-order valence-electron chi connectivity index (χ1n) is 8.43. The molecule has 3 aromatic rings. The van der Waals surface area contributed by atoms with E-state index < -0.39 is 0 Å². The lowest BCUT2D eigenvalue weighted by molar-refractivity contribution is 0.415. The molecule has 2 heterocycles. The number of methoxy groups -OCH3 is 1. The van der Waals surface area contributed by atoms with E-state index in [4.69, 9.17) is 16.3 Å². The lowest BCUT2D eigenvalue weighted by Gasteiger charge is -2.31. The maximum atomic E-state index is 13.0. The Bertz CT molecular complexity index is 1140. The Balaban J connectivity index is 1.76. The van der Waals surface area contributed by atoms with E-state index in [1.807, 2.05) is 29.2 Å². The fourth-order valence-electron chi connectivity index (χ4n) is 3.00. The van der Waals surface area contributed by atoms with E-state index >= 15 is 0 Å². The normalized spacial score (nSPS) is 13.0. The van der Waals surface area contributed by atoms with Crippen LogP contribution in [0.5, 0.6) is 5.75 Å². The van der Waals surface area contributed by atoms with Crippen molar-refractivity contribution >= 4 is 29.1 Å². The molecular weight excluding hydrogens is 396 g/mol. The molecule has 0 aliphatic carbocycles. The minimum absolute atomic E-state index is 0.0301. The topological polar surface area (TPSA) is 71.1 Å². The summed E-state index contributed by atoms with van der Waals surface area (Å²) in [5, 5.41) is 10.8. The molecule has 0 saturated heterocycles. The highest BCUT2D eigenvalue weighted by atomic mass is 35.5. The van der Waals surface area contributed by atoms with E-state index in [9.17, 15) is 10.1 Å². The third-order valence-corrected chi connectivity index (χ3v) is 5.69. The molecule has 4 rings (SSSR count). The zero-order valence-corrected chi connectivity index (χ0v) is 16.5. The quantitative estimate of drug-likeness (QED) is 0.608. The van der Waals surface area contributed by atoms with E-state index in [0.29, 0.717) is 39.7 Å². The summed E-state index contributed by atoms with van der Waals surface area (Å²) in [5.74, 6) is 1.32. The van der Waals surface area contributed by atoms with Gasteiger partial charge in [0.2, 0.25) is 0 Å². The summed E-state index contributed by atoms with van der Waals surface area (Å²) < 4.78 is 6.70. The first kappa shape index (κ1) is 18.4. The number of anilines is 1. The minimum Gasteiger partial charge on any atom is -0.497 e. The van der Waals surface area contributed by atoms with Crippen molar-refractivity contribution in [3.63, 3.8) is 0 Å². The van der Waals surface area contributed by atoms with Gasteiger partial charge < -0.3 is 9.64 Å². The van der Waals surface area contributed by atoms with Crippen molar-refractivity contribution in [1.82, 2.24) is 9.55 Å². The molecule has 0 radical (unpaired) electrons. The minimum atomic E-state index is -0.349. The Morgan fingerprint density at radius 2 is 2.04 bits per heavy atom. The molecule has 8 heteroatoms. The van der Waals surface area contributed by atoms with E-state index in [2.05, 4.69) is 4.98 Å². The number of rotatable bonds is 3. The highest BCUT2D eigenvalue weighted by molar-refractivity contribution is 7.99. The standard InChI is InChI=1S/C20H15ClN4O2S/c1-27-16-7-5-13(6-8-16)18-17(10-22)19(26)25-11-24(12-28-20(25)23-18)15-4-2-3-14(21)9-15/h2-9H,11-12H2,1H3. The van der Waals surface area contributed by atoms with Crippen molar-refractivity contribution in [3.8, 4) is 23.1 Å². The summed E-state index contributed by atoms with van der Waals surface area (Å²) in [4.78, 5) is 19.7. The van der Waals surface area contributed by atoms with Gasteiger partial charge in [-0.15, -0.1) is 0 Å². The average Bonchev–Trinajstić information content (AvgIpc) is 2.73. The fourth-order valence-corrected chi connectivity index (χ4v) is 4.14. The zero-order chi connectivity index (χ0) is 19.7. The molecule has 1 aliphatic heterocycles. The van der Waals surface area contributed by atoms with Crippen LogP contribution in [0.3, 0.4) is 0 Å². The highest BCUT2D eigenvalue weighted by Gasteiger charge is 2.24. The third-order valence-electron chi connectivity index (χ3n) is 4.44. The smallest absolute Gasteiger partial charge is 0.274 e. The monoisotopic (exact) mass is 410 g/mol. The van der Waals surface area contributed by atoms with Gasteiger partial charge in [0.25, 0.3) is 5.56 Å². The number of hydrogen-bond acceptors (Lipinski definition) is 6. The second-order valence-electron chi connectivity index (χ2n) is 6.13. The molecule has 0 unspecified atom stereocenters. The number of hydrogen-bond donors (Lipinski definition) is 0. The maximum absolute atomic E-state index is 13.0. The van der Waals surface area contributed by atoms with Crippen molar-refractivity contribution in [2.45, 2.75) is 11.8 Å². The van der Waals surface area contributed by atoms with Gasteiger partial charge in [0.15, 0.2) is 5.16 Å². The number of nitriles is 1. The number of thioether (sulfide) groups is 1. The molecule has 2 aromatic carbocycles. The predicted molar refractivity (Wildman–Crippen MR) is 110 cm³/mol. The molecule has 28 heavy (non-hydrogen) atoms. The molecule has 0 bridgehead atoms. The molecule has 1 aromatic heterocycles. The molecule has 0 fully saturated rings. The second-order valence-corrected chi connectivity index (χ2v) is 7.47. The van der Waals surface area contributed by atoms with E-state index in [0.717, 1.165) is 5.69 Å². The number of nitrogens with zero attached hydrogens (tertiary/aromatic N) is 4. The van der Waals surface area contributed by atoms with Crippen LogP contribution in [0.25, 0.3) is 11.3 Å². The first-order valence-corrected chi connectivity index (χ1v) is 9.79. The van der Waals surface area contributed by atoms with Crippen molar-refractivity contribution in [1.29, 1.82) is 5.26 Å². The fraction of sp³-hybridized carbons (Fsp3) is 0.150. The summed E-state index contributed by atoms with van der Waals surface area (Å²) in [6.07, 6.45) is 0. The van der Waals surface area contributed by atoms with E-state index in [1.54, 1.807) is 37.4 Å². The highest BCUT2D eigenvalue weighted by Crippen LogP contribution is 2.31. The molecule has 0 spiro atoms. The molecule has 6 nitrogen and oxygen atoms in total. The molecule has 0 saturated carbocycles.